The van der Waals surface area contributed by atoms with Crippen LogP contribution in [0.3, 0.4) is 0 Å². The predicted octanol–water partition coefficient (Wildman–Crippen LogP) is 3.40. The van der Waals surface area contributed by atoms with Crippen LogP contribution in [0.15, 0.2) is 22.3 Å². The van der Waals surface area contributed by atoms with Crippen LogP contribution in [-0.2, 0) is 11.2 Å². The molecule has 2 aliphatic rings. The van der Waals surface area contributed by atoms with Crippen molar-refractivity contribution in [2.75, 3.05) is 0 Å². The first-order valence-corrected chi connectivity index (χ1v) is 6.36. The SMILES string of the molecule is CC1=CC2c3c(C)coc3CC(C)C2CC1=O. The molecule has 0 amide bonds. The summed E-state index contributed by atoms with van der Waals surface area (Å²) < 4.78 is 5.65. The van der Waals surface area contributed by atoms with Crippen molar-refractivity contribution in [2.45, 2.75) is 39.5 Å². The van der Waals surface area contributed by atoms with Crippen molar-refractivity contribution >= 4 is 5.78 Å². The van der Waals surface area contributed by atoms with Crippen molar-refractivity contribution in [3.05, 3.63) is 34.8 Å². The van der Waals surface area contributed by atoms with Crippen LogP contribution in [0.1, 0.15) is 43.1 Å². The van der Waals surface area contributed by atoms with Gasteiger partial charge in [-0.2, -0.15) is 0 Å². The molecule has 3 atom stereocenters. The van der Waals surface area contributed by atoms with Crippen molar-refractivity contribution in [3.63, 3.8) is 0 Å². The van der Waals surface area contributed by atoms with E-state index in [0.29, 0.717) is 30.0 Å². The van der Waals surface area contributed by atoms with Gasteiger partial charge in [0.15, 0.2) is 5.78 Å². The summed E-state index contributed by atoms with van der Waals surface area (Å²) in [5.74, 6) is 2.85. The zero-order valence-electron chi connectivity index (χ0n) is 10.6. The van der Waals surface area contributed by atoms with Crippen LogP contribution < -0.4 is 0 Å². The van der Waals surface area contributed by atoms with Gasteiger partial charge in [-0.1, -0.05) is 13.0 Å². The lowest BCUT2D eigenvalue weighted by atomic mass is 9.66. The molecule has 3 unspecified atom stereocenters. The minimum atomic E-state index is 0.322. The molecule has 0 aliphatic heterocycles. The molecule has 3 rings (SSSR count). The summed E-state index contributed by atoms with van der Waals surface area (Å²) in [6, 6.07) is 0. The maximum absolute atomic E-state index is 11.8. The summed E-state index contributed by atoms with van der Waals surface area (Å²) >= 11 is 0. The van der Waals surface area contributed by atoms with Crippen LogP contribution >= 0.6 is 0 Å². The van der Waals surface area contributed by atoms with Gasteiger partial charge in [-0.25, -0.2) is 0 Å². The van der Waals surface area contributed by atoms with Gasteiger partial charge in [-0.15, -0.1) is 0 Å². The number of hydrogen-bond donors (Lipinski definition) is 0. The highest BCUT2D eigenvalue weighted by Crippen LogP contribution is 2.47. The topological polar surface area (TPSA) is 30.2 Å². The number of rotatable bonds is 0. The zero-order valence-corrected chi connectivity index (χ0v) is 10.6. The lowest BCUT2D eigenvalue weighted by Gasteiger charge is -2.37. The van der Waals surface area contributed by atoms with Gasteiger partial charge in [0.25, 0.3) is 0 Å². The number of carbonyl (C=O) groups is 1. The zero-order chi connectivity index (χ0) is 12.2. The van der Waals surface area contributed by atoms with Crippen molar-refractivity contribution in [1.82, 2.24) is 0 Å². The van der Waals surface area contributed by atoms with E-state index in [4.69, 9.17) is 4.42 Å². The number of allylic oxidation sites excluding steroid dienone is 2. The van der Waals surface area contributed by atoms with E-state index in [9.17, 15) is 4.79 Å². The number of aryl methyl sites for hydroxylation is 1. The minimum Gasteiger partial charge on any atom is -0.469 e. The Labute approximate surface area is 102 Å². The fourth-order valence-corrected chi connectivity index (χ4v) is 3.40. The van der Waals surface area contributed by atoms with Crippen LogP contribution in [0.4, 0.5) is 0 Å². The molecule has 1 aromatic rings. The van der Waals surface area contributed by atoms with E-state index in [0.717, 1.165) is 17.8 Å². The Balaban J connectivity index is 2.14. The van der Waals surface area contributed by atoms with Crippen molar-refractivity contribution < 1.29 is 9.21 Å². The monoisotopic (exact) mass is 230 g/mol. The largest absolute Gasteiger partial charge is 0.469 e. The van der Waals surface area contributed by atoms with Crippen molar-refractivity contribution in [1.29, 1.82) is 0 Å². The van der Waals surface area contributed by atoms with Crippen molar-refractivity contribution in [2.24, 2.45) is 11.8 Å². The number of furan rings is 1. The Morgan fingerprint density at radius 1 is 1.29 bits per heavy atom. The molecule has 0 N–H and O–H groups in total. The van der Waals surface area contributed by atoms with Gasteiger partial charge in [-0.3, -0.25) is 4.79 Å². The highest BCUT2D eigenvalue weighted by atomic mass is 16.3. The maximum Gasteiger partial charge on any atom is 0.158 e. The lowest BCUT2D eigenvalue weighted by molar-refractivity contribution is -0.117. The Hall–Kier alpha value is -1.31. The molecule has 0 spiro atoms. The third-order valence-corrected chi connectivity index (χ3v) is 4.43. The molecular weight excluding hydrogens is 212 g/mol. The standard InChI is InChI=1S/C15H18O2/c1-8-5-14-15(10(3)7-17-14)12-4-9(2)13(16)6-11(8)12/h4,7-8,11-12H,5-6H2,1-3H3. The molecule has 0 saturated heterocycles. The van der Waals surface area contributed by atoms with Crippen LogP contribution in [0.25, 0.3) is 0 Å². The van der Waals surface area contributed by atoms with Gasteiger partial charge < -0.3 is 4.42 Å². The van der Waals surface area contributed by atoms with Gasteiger partial charge in [-0.05, 0) is 36.8 Å². The number of Topliss-reactive ketones (excluding diaryl/α,β-unsaturated/α-hetero) is 1. The van der Waals surface area contributed by atoms with Crippen LogP contribution in [0.5, 0.6) is 0 Å². The quantitative estimate of drug-likeness (QED) is 0.683. The van der Waals surface area contributed by atoms with Crippen LogP contribution in [0, 0.1) is 18.8 Å². The third kappa shape index (κ3) is 1.50. The Bertz CT molecular complexity index is 507. The number of carbonyl (C=O) groups excluding carboxylic acids is 1. The molecule has 2 aliphatic carbocycles. The summed E-state index contributed by atoms with van der Waals surface area (Å²) in [4.78, 5) is 11.8. The number of ketones is 1. The average molecular weight is 230 g/mol. The molecule has 0 aromatic carbocycles. The van der Waals surface area contributed by atoms with E-state index in [1.165, 1.54) is 11.1 Å². The average Bonchev–Trinajstić information content (AvgIpc) is 2.63. The van der Waals surface area contributed by atoms with E-state index < -0.39 is 0 Å². The molecule has 0 fully saturated rings. The second kappa shape index (κ2) is 3.59. The predicted molar refractivity (Wildman–Crippen MR) is 65.9 cm³/mol. The van der Waals surface area contributed by atoms with Crippen molar-refractivity contribution in [3.8, 4) is 0 Å². The highest BCUT2D eigenvalue weighted by molar-refractivity contribution is 5.96. The number of hydrogen-bond acceptors (Lipinski definition) is 2. The van der Waals surface area contributed by atoms with E-state index in [1.807, 2.05) is 13.2 Å². The molecule has 90 valence electrons. The highest BCUT2D eigenvalue weighted by Gasteiger charge is 2.39. The van der Waals surface area contributed by atoms with E-state index in [1.54, 1.807) is 0 Å². The van der Waals surface area contributed by atoms with E-state index in [-0.39, 0.29) is 0 Å². The molecule has 1 heterocycles. The van der Waals surface area contributed by atoms with Crippen LogP contribution in [-0.4, -0.2) is 5.78 Å². The van der Waals surface area contributed by atoms with Gasteiger partial charge in [0.2, 0.25) is 0 Å². The first-order valence-electron chi connectivity index (χ1n) is 6.36. The molecule has 0 bridgehead atoms. The van der Waals surface area contributed by atoms with Gasteiger partial charge >= 0.3 is 0 Å². The summed E-state index contributed by atoms with van der Waals surface area (Å²) in [6.07, 6.45) is 5.70. The number of fused-ring (bicyclic) bond motifs is 3. The fraction of sp³-hybridized carbons (Fsp3) is 0.533. The Morgan fingerprint density at radius 2 is 2.06 bits per heavy atom. The second-order valence-electron chi connectivity index (χ2n) is 5.60. The summed E-state index contributed by atoms with van der Waals surface area (Å²) in [5, 5.41) is 0. The molecule has 17 heavy (non-hydrogen) atoms. The van der Waals surface area contributed by atoms with E-state index >= 15 is 0 Å². The first kappa shape index (κ1) is 10.8. The molecule has 0 saturated carbocycles. The lowest BCUT2D eigenvalue weighted by Crippen LogP contribution is -2.32. The first-order chi connectivity index (χ1) is 8.08. The van der Waals surface area contributed by atoms with Gasteiger partial charge in [0.1, 0.15) is 5.76 Å². The second-order valence-corrected chi connectivity index (χ2v) is 5.60. The Kier molecular flexibility index (Phi) is 2.29. The minimum absolute atomic E-state index is 0.322. The Morgan fingerprint density at radius 3 is 2.82 bits per heavy atom. The van der Waals surface area contributed by atoms with Crippen LogP contribution in [0.2, 0.25) is 0 Å². The molecule has 0 radical (unpaired) electrons. The summed E-state index contributed by atoms with van der Waals surface area (Å²) in [6.45, 7) is 6.28. The molecule has 2 heteroatoms. The molecular formula is C15H18O2. The third-order valence-electron chi connectivity index (χ3n) is 4.43. The van der Waals surface area contributed by atoms with E-state index in [2.05, 4.69) is 19.9 Å². The smallest absolute Gasteiger partial charge is 0.158 e. The maximum atomic E-state index is 11.8. The molecule has 1 aromatic heterocycles. The molecule has 2 nitrogen and oxygen atoms in total. The van der Waals surface area contributed by atoms with Gasteiger partial charge in [0.05, 0.1) is 6.26 Å². The fourth-order valence-electron chi connectivity index (χ4n) is 3.40. The van der Waals surface area contributed by atoms with Gasteiger partial charge in [0, 0.05) is 24.3 Å². The normalized spacial score (nSPS) is 31.8. The summed E-state index contributed by atoms with van der Waals surface area (Å²) in [5.41, 5.74) is 3.51. The summed E-state index contributed by atoms with van der Waals surface area (Å²) in [7, 11) is 0.